The Bertz CT molecular complexity index is 682. The van der Waals surface area contributed by atoms with Crippen molar-refractivity contribution in [2.24, 2.45) is 0 Å². The first-order chi connectivity index (χ1) is 9.28. The Kier molecular flexibility index (Phi) is 3.01. The van der Waals surface area contributed by atoms with Crippen molar-refractivity contribution in [1.82, 2.24) is 4.57 Å². The van der Waals surface area contributed by atoms with Gasteiger partial charge in [-0.25, -0.2) is 0 Å². The third-order valence-electron chi connectivity index (χ3n) is 3.68. The lowest BCUT2D eigenvalue weighted by Crippen LogP contribution is -1.93. The standard InChI is InChI=1S/C16H17NO2/c1-2-17-15-5-3-11(9-18)7-13(15)14-8-12(10-19)4-6-16(14)17/h3-8,18-19H,2,9-10H2,1H3. The van der Waals surface area contributed by atoms with Gasteiger partial charge in [0.05, 0.1) is 13.2 Å². The van der Waals surface area contributed by atoms with E-state index in [2.05, 4.69) is 23.6 Å². The van der Waals surface area contributed by atoms with Crippen molar-refractivity contribution in [3.05, 3.63) is 47.5 Å². The Hall–Kier alpha value is -1.84. The second kappa shape index (κ2) is 4.68. The average Bonchev–Trinajstić information content (AvgIpc) is 2.79. The van der Waals surface area contributed by atoms with Crippen LogP contribution in [0.1, 0.15) is 18.1 Å². The Labute approximate surface area is 111 Å². The molecule has 0 unspecified atom stereocenters. The van der Waals surface area contributed by atoms with Crippen LogP contribution in [0.2, 0.25) is 0 Å². The van der Waals surface area contributed by atoms with Gasteiger partial charge in [0.2, 0.25) is 0 Å². The fourth-order valence-corrected chi connectivity index (χ4v) is 2.74. The van der Waals surface area contributed by atoms with Crippen LogP contribution >= 0.6 is 0 Å². The molecule has 3 nitrogen and oxygen atoms in total. The first kappa shape index (κ1) is 12.2. The molecule has 0 bridgehead atoms. The molecule has 2 N–H and O–H groups in total. The van der Waals surface area contributed by atoms with E-state index in [-0.39, 0.29) is 13.2 Å². The van der Waals surface area contributed by atoms with Crippen LogP contribution < -0.4 is 0 Å². The Morgan fingerprint density at radius 3 is 1.68 bits per heavy atom. The van der Waals surface area contributed by atoms with E-state index in [1.807, 2.05) is 24.3 Å². The van der Waals surface area contributed by atoms with E-state index in [4.69, 9.17) is 0 Å². The third-order valence-corrected chi connectivity index (χ3v) is 3.68. The van der Waals surface area contributed by atoms with Gasteiger partial charge < -0.3 is 14.8 Å². The summed E-state index contributed by atoms with van der Waals surface area (Å²) in [7, 11) is 0. The minimum absolute atomic E-state index is 0.0500. The predicted octanol–water partition coefficient (Wildman–Crippen LogP) is 2.80. The zero-order valence-corrected chi connectivity index (χ0v) is 10.9. The zero-order chi connectivity index (χ0) is 13.4. The number of aromatic nitrogens is 1. The maximum atomic E-state index is 9.29. The van der Waals surface area contributed by atoms with E-state index in [1.54, 1.807) is 0 Å². The molecule has 19 heavy (non-hydrogen) atoms. The van der Waals surface area contributed by atoms with Crippen molar-refractivity contribution in [1.29, 1.82) is 0 Å². The number of aliphatic hydroxyl groups is 2. The lowest BCUT2D eigenvalue weighted by molar-refractivity contribution is 0.281. The van der Waals surface area contributed by atoms with Crippen LogP contribution in [0.4, 0.5) is 0 Å². The van der Waals surface area contributed by atoms with E-state index in [9.17, 15) is 10.2 Å². The molecule has 3 heteroatoms. The molecule has 0 amide bonds. The predicted molar refractivity (Wildman–Crippen MR) is 77.0 cm³/mol. The molecule has 0 radical (unpaired) electrons. The molecule has 0 saturated heterocycles. The van der Waals surface area contributed by atoms with Gasteiger partial charge in [-0.05, 0) is 42.3 Å². The summed E-state index contributed by atoms with van der Waals surface area (Å²) in [5.74, 6) is 0. The molecule has 3 rings (SSSR count). The molecule has 3 aromatic rings. The number of aliphatic hydroxyl groups excluding tert-OH is 2. The minimum atomic E-state index is 0.0500. The summed E-state index contributed by atoms with van der Waals surface area (Å²) in [5, 5.41) is 20.8. The van der Waals surface area contributed by atoms with Crippen LogP contribution in [-0.2, 0) is 19.8 Å². The highest BCUT2D eigenvalue weighted by Crippen LogP contribution is 2.30. The summed E-state index contributed by atoms with van der Waals surface area (Å²) >= 11 is 0. The highest BCUT2D eigenvalue weighted by atomic mass is 16.3. The minimum Gasteiger partial charge on any atom is -0.392 e. The third kappa shape index (κ3) is 1.82. The van der Waals surface area contributed by atoms with Crippen molar-refractivity contribution in [2.45, 2.75) is 26.7 Å². The lowest BCUT2D eigenvalue weighted by atomic mass is 10.1. The van der Waals surface area contributed by atoms with E-state index in [1.165, 1.54) is 11.0 Å². The van der Waals surface area contributed by atoms with E-state index in [0.717, 1.165) is 28.4 Å². The quantitative estimate of drug-likeness (QED) is 0.756. The van der Waals surface area contributed by atoms with Gasteiger partial charge in [-0.15, -0.1) is 0 Å². The number of aryl methyl sites for hydroxylation is 1. The fourth-order valence-electron chi connectivity index (χ4n) is 2.74. The topological polar surface area (TPSA) is 45.4 Å². The lowest BCUT2D eigenvalue weighted by Gasteiger charge is -2.03. The van der Waals surface area contributed by atoms with Gasteiger partial charge in [0.15, 0.2) is 0 Å². The van der Waals surface area contributed by atoms with E-state index < -0.39 is 0 Å². The van der Waals surface area contributed by atoms with Crippen LogP contribution in [0, 0.1) is 0 Å². The van der Waals surface area contributed by atoms with E-state index in [0.29, 0.717) is 0 Å². The summed E-state index contributed by atoms with van der Waals surface area (Å²) in [6.07, 6.45) is 0. The molecule has 0 spiro atoms. The maximum Gasteiger partial charge on any atom is 0.0682 e. The Balaban J connectivity index is 2.44. The van der Waals surface area contributed by atoms with Gasteiger partial charge in [-0.1, -0.05) is 12.1 Å². The number of hydrogen-bond acceptors (Lipinski definition) is 2. The average molecular weight is 255 g/mol. The van der Waals surface area contributed by atoms with Crippen LogP contribution in [0.25, 0.3) is 21.8 Å². The molecule has 0 atom stereocenters. The van der Waals surface area contributed by atoms with Gasteiger partial charge in [-0.2, -0.15) is 0 Å². The maximum absolute atomic E-state index is 9.29. The monoisotopic (exact) mass is 255 g/mol. The molecule has 1 heterocycles. The van der Waals surface area contributed by atoms with Crippen molar-refractivity contribution in [3.8, 4) is 0 Å². The first-order valence-corrected chi connectivity index (χ1v) is 6.54. The summed E-state index contributed by atoms with van der Waals surface area (Å²) in [6.45, 7) is 3.12. The summed E-state index contributed by atoms with van der Waals surface area (Å²) < 4.78 is 2.26. The van der Waals surface area contributed by atoms with Gasteiger partial charge in [0, 0.05) is 28.4 Å². The number of nitrogens with zero attached hydrogens (tertiary/aromatic N) is 1. The molecule has 98 valence electrons. The largest absolute Gasteiger partial charge is 0.392 e. The molecular weight excluding hydrogens is 238 g/mol. The Morgan fingerprint density at radius 1 is 0.842 bits per heavy atom. The SMILES string of the molecule is CCn1c2ccc(CO)cc2c2cc(CO)ccc21. The molecule has 2 aromatic carbocycles. The number of rotatable bonds is 3. The van der Waals surface area contributed by atoms with Crippen molar-refractivity contribution in [2.75, 3.05) is 0 Å². The summed E-state index contributed by atoms with van der Waals surface area (Å²) in [5.41, 5.74) is 4.17. The molecule has 0 aliphatic carbocycles. The highest BCUT2D eigenvalue weighted by Gasteiger charge is 2.10. The molecule has 1 aromatic heterocycles. The number of hydrogen-bond donors (Lipinski definition) is 2. The zero-order valence-electron chi connectivity index (χ0n) is 10.9. The van der Waals surface area contributed by atoms with Crippen LogP contribution in [-0.4, -0.2) is 14.8 Å². The normalized spacial score (nSPS) is 11.5. The second-order valence-electron chi connectivity index (χ2n) is 4.76. The van der Waals surface area contributed by atoms with E-state index >= 15 is 0 Å². The highest BCUT2D eigenvalue weighted by molar-refractivity contribution is 6.08. The molecule has 0 aliphatic heterocycles. The first-order valence-electron chi connectivity index (χ1n) is 6.54. The van der Waals surface area contributed by atoms with Gasteiger partial charge >= 0.3 is 0 Å². The molecule has 0 saturated carbocycles. The van der Waals surface area contributed by atoms with Crippen LogP contribution in [0.5, 0.6) is 0 Å². The number of fused-ring (bicyclic) bond motifs is 3. The van der Waals surface area contributed by atoms with Gasteiger partial charge in [0.1, 0.15) is 0 Å². The fraction of sp³-hybridized carbons (Fsp3) is 0.250. The van der Waals surface area contributed by atoms with Crippen LogP contribution in [0.3, 0.4) is 0 Å². The van der Waals surface area contributed by atoms with Crippen molar-refractivity contribution < 1.29 is 10.2 Å². The van der Waals surface area contributed by atoms with Crippen molar-refractivity contribution in [3.63, 3.8) is 0 Å². The van der Waals surface area contributed by atoms with Crippen LogP contribution in [0.15, 0.2) is 36.4 Å². The summed E-state index contributed by atoms with van der Waals surface area (Å²) in [4.78, 5) is 0. The van der Waals surface area contributed by atoms with Gasteiger partial charge in [-0.3, -0.25) is 0 Å². The number of benzene rings is 2. The Morgan fingerprint density at radius 2 is 1.32 bits per heavy atom. The second-order valence-corrected chi connectivity index (χ2v) is 4.76. The molecule has 0 aliphatic rings. The smallest absolute Gasteiger partial charge is 0.0682 e. The van der Waals surface area contributed by atoms with Gasteiger partial charge in [0.25, 0.3) is 0 Å². The molecular formula is C16H17NO2. The molecule has 0 fully saturated rings. The van der Waals surface area contributed by atoms with Crippen molar-refractivity contribution >= 4 is 21.8 Å². The summed E-state index contributed by atoms with van der Waals surface area (Å²) in [6, 6.07) is 12.1.